The summed E-state index contributed by atoms with van der Waals surface area (Å²) in [6.07, 6.45) is 2.58. The highest BCUT2D eigenvalue weighted by molar-refractivity contribution is 6.31. The van der Waals surface area contributed by atoms with E-state index in [1.807, 2.05) is 19.9 Å². The molecule has 0 aromatic heterocycles. The van der Waals surface area contributed by atoms with Crippen molar-refractivity contribution in [2.75, 3.05) is 4.90 Å². The van der Waals surface area contributed by atoms with E-state index in [1.165, 1.54) is 12.1 Å². The summed E-state index contributed by atoms with van der Waals surface area (Å²) in [5.41, 5.74) is -0.000695. The SMILES string of the molecule is CC1=C[C@]2(C)O[C@@H]3C(=O)N(c4ccc(Cl)cc4F)C(=O)[C@@H]3[C@@H]2N=C1. The fourth-order valence-corrected chi connectivity index (χ4v) is 3.90. The van der Waals surface area contributed by atoms with Gasteiger partial charge in [0, 0.05) is 11.2 Å². The molecule has 2 saturated heterocycles. The number of ether oxygens (including phenoxy) is 1. The molecule has 1 aromatic rings. The first-order valence-electron chi connectivity index (χ1n) is 7.55. The topological polar surface area (TPSA) is 59.0 Å². The van der Waals surface area contributed by atoms with Crippen LogP contribution in [0.5, 0.6) is 0 Å². The minimum atomic E-state index is -0.957. The minimum Gasteiger partial charge on any atom is -0.355 e. The molecule has 3 aliphatic rings. The molecule has 4 atom stereocenters. The average molecular weight is 349 g/mol. The van der Waals surface area contributed by atoms with Gasteiger partial charge in [-0.1, -0.05) is 11.6 Å². The van der Waals surface area contributed by atoms with Crippen molar-refractivity contribution in [3.63, 3.8) is 0 Å². The number of rotatable bonds is 1. The lowest BCUT2D eigenvalue weighted by Gasteiger charge is -2.30. The first-order chi connectivity index (χ1) is 11.3. The van der Waals surface area contributed by atoms with Crippen molar-refractivity contribution in [2.45, 2.75) is 31.6 Å². The van der Waals surface area contributed by atoms with Crippen LogP contribution in [0.4, 0.5) is 10.1 Å². The van der Waals surface area contributed by atoms with E-state index in [4.69, 9.17) is 16.3 Å². The number of dihydropyridines is 1. The van der Waals surface area contributed by atoms with E-state index >= 15 is 0 Å². The third kappa shape index (κ3) is 1.99. The summed E-state index contributed by atoms with van der Waals surface area (Å²) in [5.74, 6) is -2.54. The van der Waals surface area contributed by atoms with E-state index in [9.17, 15) is 14.0 Å². The van der Waals surface area contributed by atoms with Crippen molar-refractivity contribution in [1.82, 2.24) is 0 Å². The second kappa shape index (κ2) is 4.97. The summed E-state index contributed by atoms with van der Waals surface area (Å²) < 4.78 is 20.1. The monoisotopic (exact) mass is 348 g/mol. The average Bonchev–Trinajstić information content (AvgIpc) is 2.92. The lowest BCUT2D eigenvalue weighted by atomic mass is 9.85. The Labute approximate surface area is 142 Å². The van der Waals surface area contributed by atoms with Gasteiger partial charge < -0.3 is 4.74 Å². The van der Waals surface area contributed by atoms with E-state index in [-0.39, 0.29) is 10.7 Å². The van der Waals surface area contributed by atoms with Crippen LogP contribution in [0.2, 0.25) is 5.02 Å². The zero-order valence-electron chi connectivity index (χ0n) is 13.0. The number of nitrogens with zero attached hydrogens (tertiary/aromatic N) is 2. The lowest BCUT2D eigenvalue weighted by Crippen LogP contribution is -2.44. The van der Waals surface area contributed by atoms with Gasteiger partial charge >= 0.3 is 0 Å². The maximum Gasteiger partial charge on any atom is 0.263 e. The summed E-state index contributed by atoms with van der Waals surface area (Å²) in [6, 6.07) is 3.33. The number of allylic oxidation sites excluding steroid dienone is 1. The van der Waals surface area contributed by atoms with Crippen LogP contribution in [0.1, 0.15) is 13.8 Å². The molecule has 124 valence electrons. The molecule has 7 heteroatoms. The Morgan fingerprint density at radius 3 is 2.79 bits per heavy atom. The fraction of sp³-hybridized carbons (Fsp3) is 0.353. The molecule has 0 bridgehead atoms. The van der Waals surface area contributed by atoms with Crippen LogP contribution in [0.3, 0.4) is 0 Å². The van der Waals surface area contributed by atoms with Crippen molar-refractivity contribution in [3.05, 3.63) is 40.7 Å². The van der Waals surface area contributed by atoms with Crippen molar-refractivity contribution >= 4 is 35.3 Å². The van der Waals surface area contributed by atoms with Crippen LogP contribution in [0.25, 0.3) is 0 Å². The van der Waals surface area contributed by atoms with Gasteiger partial charge in [0.25, 0.3) is 5.91 Å². The molecular weight excluding hydrogens is 335 g/mol. The number of aliphatic imine (C=N–C) groups is 1. The molecule has 1 aromatic carbocycles. The largest absolute Gasteiger partial charge is 0.355 e. The van der Waals surface area contributed by atoms with E-state index in [0.29, 0.717) is 0 Å². The smallest absolute Gasteiger partial charge is 0.263 e. The molecule has 0 spiro atoms. The predicted octanol–water partition coefficient (Wildman–Crippen LogP) is 2.53. The highest BCUT2D eigenvalue weighted by Gasteiger charge is 2.64. The van der Waals surface area contributed by atoms with Gasteiger partial charge in [0.15, 0.2) is 6.10 Å². The Morgan fingerprint density at radius 1 is 1.33 bits per heavy atom. The summed E-state index contributed by atoms with van der Waals surface area (Å²) in [4.78, 5) is 30.8. The normalized spacial score (nSPS) is 34.4. The molecule has 2 fully saturated rings. The molecule has 0 N–H and O–H groups in total. The van der Waals surface area contributed by atoms with Crippen LogP contribution >= 0.6 is 11.6 Å². The number of hydrogen-bond acceptors (Lipinski definition) is 4. The van der Waals surface area contributed by atoms with Gasteiger partial charge in [0.2, 0.25) is 5.91 Å². The first-order valence-corrected chi connectivity index (χ1v) is 7.93. The number of benzene rings is 1. The van der Waals surface area contributed by atoms with Gasteiger partial charge in [-0.3, -0.25) is 14.6 Å². The quantitative estimate of drug-likeness (QED) is 0.733. The maximum absolute atomic E-state index is 14.2. The summed E-state index contributed by atoms with van der Waals surface area (Å²) in [6.45, 7) is 3.69. The zero-order valence-corrected chi connectivity index (χ0v) is 13.7. The van der Waals surface area contributed by atoms with Crippen LogP contribution in [-0.4, -0.2) is 35.8 Å². The molecule has 0 unspecified atom stereocenters. The van der Waals surface area contributed by atoms with Crippen LogP contribution < -0.4 is 4.90 Å². The Balaban J connectivity index is 1.74. The molecule has 3 aliphatic heterocycles. The summed E-state index contributed by atoms with van der Waals surface area (Å²) in [7, 11) is 0. The Kier molecular flexibility index (Phi) is 3.21. The van der Waals surface area contributed by atoms with Gasteiger partial charge in [0.1, 0.15) is 11.4 Å². The molecule has 4 rings (SSSR count). The summed E-state index contributed by atoms with van der Waals surface area (Å²) >= 11 is 5.74. The van der Waals surface area contributed by atoms with E-state index < -0.39 is 41.3 Å². The van der Waals surface area contributed by atoms with E-state index in [1.54, 1.807) is 6.21 Å². The predicted molar refractivity (Wildman–Crippen MR) is 86.7 cm³/mol. The fourth-order valence-electron chi connectivity index (χ4n) is 3.74. The van der Waals surface area contributed by atoms with Crippen molar-refractivity contribution < 1.29 is 18.7 Å². The molecule has 0 radical (unpaired) electrons. The Morgan fingerprint density at radius 2 is 2.08 bits per heavy atom. The number of anilines is 1. The lowest BCUT2D eigenvalue weighted by molar-refractivity contribution is -0.130. The van der Waals surface area contributed by atoms with Crippen LogP contribution in [0.15, 0.2) is 34.8 Å². The third-order valence-corrected chi connectivity index (χ3v) is 4.94. The van der Waals surface area contributed by atoms with E-state index in [2.05, 4.69) is 4.99 Å². The van der Waals surface area contributed by atoms with Gasteiger partial charge in [0.05, 0.1) is 17.6 Å². The second-order valence-electron chi connectivity index (χ2n) is 6.47. The van der Waals surface area contributed by atoms with Crippen LogP contribution in [-0.2, 0) is 14.3 Å². The van der Waals surface area contributed by atoms with Gasteiger partial charge in [-0.15, -0.1) is 0 Å². The van der Waals surface area contributed by atoms with Crippen molar-refractivity contribution in [1.29, 1.82) is 0 Å². The van der Waals surface area contributed by atoms with Gasteiger partial charge in [-0.05, 0) is 43.7 Å². The molecule has 3 heterocycles. The molecule has 0 aliphatic carbocycles. The minimum absolute atomic E-state index is 0.111. The van der Waals surface area contributed by atoms with Crippen LogP contribution in [0, 0.1) is 11.7 Å². The first kappa shape index (κ1) is 15.5. The molecule has 5 nitrogen and oxygen atoms in total. The Hall–Kier alpha value is -2.05. The number of amides is 2. The van der Waals surface area contributed by atoms with E-state index in [0.717, 1.165) is 16.5 Å². The highest BCUT2D eigenvalue weighted by Crippen LogP contribution is 2.46. The number of fused-ring (bicyclic) bond motifs is 3. The van der Waals surface area contributed by atoms with Crippen molar-refractivity contribution in [3.8, 4) is 0 Å². The molecule has 0 saturated carbocycles. The Bertz CT molecular complexity index is 837. The molecule has 2 amide bonds. The van der Waals surface area contributed by atoms with Crippen molar-refractivity contribution in [2.24, 2.45) is 10.9 Å². The number of hydrogen-bond donors (Lipinski definition) is 0. The van der Waals surface area contributed by atoms with Gasteiger partial charge in [-0.25, -0.2) is 9.29 Å². The standard InChI is InChI=1S/C17H14ClFN2O3/c1-8-6-17(2)14(20-7-8)12-13(24-17)16(23)21(15(12)22)11-4-3-9(18)5-10(11)19/h3-7,12-14H,1-2H3/t12-,13-,14-,17-/m0/s1. The summed E-state index contributed by atoms with van der Waals surface area (Å²) in [5, 5.41) is 0.192. The molecule has 24 heavy (non-hydrogen) atoms. The third-order valence-electron chi connectivity index (χ3n) is 4.71. The second-order valence-corrected chi connectivity index (χ2v) is 6.90. The number of carbonyl (C=O) groups excluding carboxylic acids is 2. The number of imide groups is 1. The maximum atomic E-state index is 14.2. The highest BCUT2D eigenvalue weighted by atomic mass is 35.5. The zero-order chi connectivity index (χ0) is 17.2. The number of halogens is 2. The van der Waals surface area contributed by atoms with Gasteiger partial charge in [-0.2, -0.15) is 0 Å². The number of carbonyl (C=O) groups is 2. The molecular formula is C17H14ClFN2O3.